The standard InChI is InChI=1S/C36H35FN4O6/c37-28-13-11-24(12-14-28)19-29(42)20-38-32(43)30-31(46-22-26-7-3-1-4-8-26)33(44)41-21-25-15-17-36(18-16-25,34(41)39-30)40-35(45)47-23-27-9-5-2-6-10-27/h1-14,25H,15-23H2,(H,38,43)(H,40,45). The average molecular weight is 639 g/mol. The van der Waals surface area contributed by atoms with Crippen molar-refractivity contribution in [3.8, 4) is 5.75 Å². The number of alkyl carbamates (subject to hydrolysis) is 1. The van der Waals surface area contributed by atoms with Gasteiger partial charge in [-0.15, -0.1) is 0 Å². The van der Waals surface area contributed by atoms with Crippen LogP contribution in [0.1, 0.15) is 58.7 Å². The van der Waals surface area contributed by atoms with Crippen LogP contribution < -0.4 is 20.9 Å². The first-order valence-electron chi connectivity index (χ1n) is 15.6. The van der Waals surface area contributed by atoms with Crippen LogP contribution in [0.5, 0.6) is 5.75 Å². The van der Waals surface area contributed by atoms with Crippen LogP contribution >= 0.6 is 0 Å². The van der Waals surface area contributed by atoms with Crippen molar-refractivity contribution in [3.05, 3.63) is 129 Å². The van der Waals surface area contributed by atoms with Crippen molar-refractivity contribution in [1.82, 2.24) is 20.2 Å². The molecule has 3 aliphatic rings. The molecule has 7 rings (SSSR count). The number of nitrogens with zero attached hydrogens (tertiary/aromatic N) is 2. The number of Topliss-reactive ketones (excluding diaryl/α,β-unsaturated/α-hetero) is 1. The Labute approximate surface area is 270 Å². The van der Waals surface area contributed by atoms with Crippen molar-refractivity contribution >= 4 is 17.8 Å². The molecule has 242 valence electrons. The summed E-state index contributed by atoms with van der Waals surface area (Å²) in [5, 5.41) is 5.59. The molecule has 11 heteroatoms. The highest BCUT2D eigenvalue weighted by molar-refractivity contribution is 5.97. The number of ether oxygens (including phenoxy) is 2. The summed E-state index contributed by atoms with van der Waals surface area (Å²) in [5.41, 5.74) is 0.356. The number of halogens is 1. The minimum atomic E-state index is -1.05. The van der Waals surface area contributed by atoms with Crippen LogP contribution in [0, 0.1) is 11.7 Å². The number of rotatable bonds is 11. The fraction of sp³-hybridized carbons (Fsp3) is 0.306. The number of ketones is 1. The lowest BCUT2D eigenvalue weighted by Crippen LogP contribution is -2.50. The van der Waals surface area contributed by atoms with E-state index in [2.05, 4.69) is 10.6 Å². The minimum Gasteiger partial charge on any atom is -0.481 e. The Morgan fingerprint density at radius 3 is 2.17 bits per heavy atom. The molecular weight excluding hydrogens is 603 g/mol. The molecule has 3 heterocycles. The van der Waals surface area contributed by atoms with Gasteiger partial charge in [0.05, 0.1) is 6.54 Å². The molecule has 0 saturated heterocycles. The van der Waals surface area contributed by atoms with Crippen LogP contribution in [0.15, 0.2) is 89.7 Å². The second-order valence-corrected chi connectivity index (χ2v) is 12.0. The van der Waals surface area contributed by atoms with Crippen LogP contribution in [0.25, 0.3) is 0 Å². The van der Waals surface area contributed by atoms with E-state index in [1.165, 1.54) is 28.8 Å². The lowest BCUT2D eigenvalue weighted by atomic mass is 9.77. The highest BCUT2D eigenvalue weighted by Gasteiger charge is 2.46. The predicted octanol–water partition coefficient (Wildman–Crippen LogP) is 4.83. The quantitative estimate of drug-likeness (QED) is 0.241. The summed E-state index contributed by atoms with van der Waals surface area (Å²) < 4.78 is 26.4. The molecule has 47 heavy (non-hydrogen) atoms. The Kier molecular flexibility index (Phi) is 9.42. The van der Waals surface area contributed by atoms with E-state index >= 15 is 0 Å². The van der Waals surface area contributed by atoms with Gasteiger partial charge in [-0.1, -0.05) is 72.8 Å². The predicted molar refractivity (Wildman–Crippen MR) is 170 cm³/mol. The largest absolute Gasteiger partial charge is 0.481 e. The highest BCUT2D eigenvalue weighted by atomic mass is 19.1. The summed E-state index contributed by atoms with van der Waals surface area (Å²) in [6.45, 7) is 0.103. The number of hydrogen-bond acceptors (Lipinski definition) is 7. The Morgan fingerprint density at radius 2 is 1.51 bits per heavy atom. The van der Waals surface area contributed by atoms with Gasteiger partial charge >= 0.3 is 6.09 Å². The van der Waals surface area contributed by atoms with Gasteiger partial charge in [0, 0.05) is 13.0 Å². The minimum absolute atomic E-state index is 0.0134. The summed E-state index contributed by atoms with van der Waals surface area (Å²) >= 11 is 0. The van der Waals surface area contributed by atoms with Gasteiger partial charge in [0.15, 0.2) is 11.5 Å². The fourth-order valence-electron chi connectivity index (χ4n) is 6.21. The van der Waals surface area contributed by atoms with Crippen molar-refractivity contribution in [2.24, 2.45) is 5.92 Å². The van der Waals surface area contributed by atoms with Gasteiger partial charge in [-0.25, -0.2) is 14.2 Å². The Balaban J connectivity index is 1.29. The molecule has 1 fully saturated rings. The molecule has 2 amide bonds. The summed E-state index contributed by atoms with van der Waals surface area (Å²) in [7, 11) is 0. The summed E-state index contributed by atoms with van der Waals surface area (Å²) in [4.78, 5) is 58.5. The summed E-state index contributed by atoms with van der Waals surface area (Å²) in [6.07, 6.45) is 1.81. The van der Waals surface area contributed by atoms with Gasteiger partial charge in [0.1, 0.15) is 30.4 Å². The highest BCUT2D eigenvalue weighted by Crippen LogP contribution is 2.43. The number of carbonyl (C=O) groups is 3. The zero-order valence-electron chi connectivity index (χ0n) is 25.7. The molecule has 2 N–H and O–H groups in total. The first kappa shape index (κ1) is 31.7. The second-order valence-electron chi connectivity index (χ2n) is 12.0. The number of amides is 2. The number of benzene rings is 3. The maximum atomic E-state index is 14.2. The van der Waals surface area contributed by atoms with Gasteiger partial charge in [0.25, 0.3) is 11.5 Å². The molecule has 10 nitrogen and oxygen atoms in total. The van der Waals surface area contributed by atoms with E-state index in [-0.39, 0.29) is 55.1 Å². The first-order valence-corrected chi connectivity index (χ1v) is 15.6. The molecule has 1 aromatic heterocycles. The van der Waals surface area contributed by atoms with E-state index < -0.39 is 28.9 Å². The molecule has 2 bridgehead atoms. The van der Waals surface area contributed by atoms with Crippen LogP contribution in [-0.4, -0.2) is 33.9 Å². The third kappa shape index (κ3) is 7.40. The second kappa shape index (κ2) is 14.0. The monoisotopic (exact) mass is 638 g/mol. The maximum absolute atomic E-state index is 14.2. The van der Waals surface area contributed by atoms with Gasteiger partial charge in [-0.05, 0) is 60.4 Å². The molecule has 0 atom stereocenters. The van der Waals surface area contributed by atoms with Crippen LogP contribution in [-0.2, 0) is 41.2 Å². The average Bonchev–Trinajstić information content (AvgIpc) is 3.34. The maximum Gasteiger partial charge on any atom is 0.408 e. The lowest BCUT2D eigenvalue weighted by molar-refractivity contribution is -0.117. The SMILES string of the molecule is O=C(CNC(=O)c1nc2n(c(=O)c1OCc1ccccc1)CC1CCC2(NC(=O)OCc2ccccc2)CC1)Cc1ccc(F)cc1. The molecule has 0 radical (unpaired) electrons. The molecule has 3 aromatic carbocycles. The van der Waals surface area contributed by atoms with E-state index in [4.69, 9.17) is 14.5 Å². The van der Waals surface area contributed by atoms with Gasteiger partial charge in [0.2, 0.25) is 5.75 Å². The fourth-order valence-corrected chi connectivity index (χ4v) is 6.21. The van der Waals surface area contributed by atoms with Crippen LogP contribution in [0.2, 0.25) is 0 Å². The lowest BCUT2D eigenvalue weighted by Gasteiger charge is -2.36. The van der Waals surface area contributed by atoms with E-state index in [0.717, 1.165) is 24.0 Å². The number of nitrogens with one attached hydrogen (secondary N) is 2. The molecule has 0 spiro atoms. The Bertz CT molecular complexity index is 1800. The van der Waals surface area contributed by atoms with E-state index in [0.29, 0.717) is 24.9 Å². The smallest absolute Gasteiger partial charge is 0.408 e. The molecular formula is C36H35FN4O6. The van der Waals surface area contributed by atoms with Crippen molar-refractivity contribution in [3.63, 3.8) is 0 Å². The third-order valence-electron chi connectivity index (χ3n) is 8.71. The van der Waals surface area contributed by atoms with Crippen LogP contribution in [0.4, 0.5) is 9.18 Å². The van der Waals surface area contributed by atoms with Crippen molar-refractivity contribution in [1.29, 1.82) is 0 Å². The summed E-state index contributed by atoms with van der Waals surface area (Å²) in [5.74, 6) is -1.29. The summed E-state index contributed by atoms with van der Waals surface area (Å²) in [6, 6.07) is 24.0. The zero-order valence-corrected chi connectivity index (χ0v) is 25.7. The van der Waals surface area contributed by atoms with Crippen molar-refractivity contribution in [2.45, 2.75) is 57.4 Å². The van der Waals surface area contributed by atoms with Gasteiger partial charge in [-0.3, -0.25) is 19.0 Å². The normalized spacial score (nSPS) is 18.0. The van der Waals surface area contributed by atoms with E-state index in [1.807, 2.05) is 60.7 Å². The Morgan fingerprint density at radius 1 is 0.872 bits per heavy atom. The van der Waals surface area contributed by atoms with Gasteiger partial charge in [-0.2, -0.15) is 0 Å². The molecule has 0 unspecified atom stereocenters. The van der Waals surface area contributed by atoms with Crippen molar-refractivity contribution in [2.75, 3.05) is 6.54 Å². The number of carbonyl (C=O) groups excluding carboxylic acids is 3. The van der Waals surface area contributed by atoms with Crippen molar-refractivity contribution < 1.29 is 28.2 Å². The number of hydrogen-bond donors (Lipinski definition) is 2. The molecule has 1 saturated carbocycles. The topological polar surface area (TPSA) is 129 Å². The van der Waals surface area contributed by atoms with E-state index in [1.54, 1.807) is 0 Å². The molecule has 2 aliphatic heterocycles. The third-order valence-corrected chi connectivity index (χ3v) is 8.71. The van der Waals surface area contributed by atoms with E-state index in [9.17, 15) is 23.6 Å². The Hall–Kier alpha value is -5.32. The van der Waals surface area contributed by atoms with Gasteiger partial charge < -0.3 is 20.1 Å². The van der Waals surface area contributed by atoms with Crippen LogP contribution in [0.3, 0.4) is 0 Å². The molecule has 1 aliphatic carbocycles. The zero-order chi connectivity index (χ0) is 32.8. The first-order chi connectivity index (χ1) is 22.8. The number of fused-ring (bicyclic) bond motifs is 2. The molecule has 4 aromatic rings. The number of aromatic nitrogens is 2.